The molecule has 0 amide bonds. The third-order valence-corrected chi connectivity index (χ3v) is 1.13. The van der Waals surface area contributed by atoms with Crippen molar-refractivity contribution in [2.45, 2.75) is 13.8 Å². The molecule has 0 aromatic carbocycles. The Labute approximate surface area is 63.7 Å². The van der Waals surface area contributed by atoms with E-state index in [1.165, 1.54) is 0 Å². The molecule has 0 aliphatic heterocycles. The molecule has 0 atom stereocenters. The van der Waals surface area contributed by atoms with E-state index >= 15 is 0 Å². The second-order valence-electron chi connectivity index (χ2n) is 1.98. The summed E-state index contributed by atoms with van der Waals surface area (Å²) in [5.74, 6) is -2.67. The summed E-state index contributed by atoms with van der Waals surface area (Å²) < 4.78 is 35.8. The van der Waals surface area contributed by atoms with E-state index in [0.717, 1.165) is 6.08 Å². The first-order chi connectivity index (χ1) is 5.11. The Hall–Kier alpha value is -0.990. The molecular weight excluding hydrogens is 153 g/mol. The minimum atomic E-state index is -1.48. The Bertz CT molecular complexity index is 211. The molecule has 0 aromatic heterocycles. The molecule has 3 heteroatoms. The molecule has 11 heavy (non-hydrogen) atoms. The molecule has 0 aliphatic carbocycles. The lowest BCUT2D eigenvalue weighted by Crippen LogP contribution is -1.75. The van der Waals surface area contributed by atoms with Gasteiger partial charge >= 0.3 is 0 Å². The highest BCUT2D eigenvalue weighted by Gasteiger charge is 2.01. The summed E-state index contributed by atoms with van der Waals surface area (Å²) in [6.45, 7) is 3.27. The van der Waals surface area contributed by atoms with Crippen LogP contribution in [0.5, 0.6) is 0 Å². The predicted octanol–water partition coefficient (Wildman–Crippen LogP) is 3.59. The van der Waals surface area contributed by atoms with Crippen molar-refractivity contribution >= 4 is 0 Å². The van der Waals surface area contributed by atoms with Crippen molar-refractivity contribution in [2.24, 2.45) is 0 Å². The monoisotopic (exact) mass is 162 g/mol. The van der Waals surface area contributed by atoms with Crippen LogP contribution >= 0.6 is 0 Å². The van der Waals surface area contributed by atoms with Crippen molar-refractivity contribution in [2.75, 3.05) is 0 Å². The Morgan fingerprint density at radius 1 is 1.18 bits per heavy atom. The maximum atomic E-state index is 12.4. The van der Waals surface area contributed by atoms with Crippen molar-refractivity contribution in [3.63, 3.8) is 0 Å². The molecule has 0 fully saturated rings. The Morgan fingerprint density at radius 2 is 1.73 bits per heavy atom. The van der Waals surface area contributed by atoms with Gasteiger partial charge in [0, 0.05) is 0 Å². The summed E-state index contributed by atoms with van der Waals surface area (Å²) in [7, 11) is 0. The molecule has 0 aliphatic rings. The van der Waals surface area contributed by atoms with Gasteiger partial charge in [-0.3, -0.25) is 0 Å². The van der Waals surface area contributed by atoms with Crippen LogP contribution < -0.4 is 0 Å². The van der Waals surface area contributed by atoms with Gasteiger partial charge in [-0.25, -0.2) is 13.2 Å². The fraction of sp³-hybridized carbons (Fsp3) is 0.250. The lowest BCUT2D eigenvalue weighted by atomic mass is 10.2. The van der Waals surface area contributed by atoms with E-state index in [9.17, 15) is 13.2 Å². The van der Waals surface area contributed by atoms with Crippen LogP contribution in [-0.4, -0.2) is 0 Å². The van der Waals surface area contributed by atoms with Gasteiger partial charge in [-0.2, -0.15) is 0 Å². The topological polar surface area (TPSA) is 0 Å². The Kier molecular flexibility index (Phi) is 4.34. The molecule has 0 spiro atoms. The first-order valence-corrected chi connectivity index (χ1v) is 3.08. The van der Waals surface area contributed by atoms with E-state index in [1.54, 1.807) is 19.9 Å². The van der Waals surface area contributed by atoms with E-state index in [0.29, 0.717) is 5.57 Å². The fourth-order valence-electron chi connectivity index (χ4n) is 0.404. The van der Waals surface area contributed by atoms with Gasteiger partial charge < -0.3 is 0 Å². The summed E-state index contributed by atoms with van der Waals surface area (Å²) in [6.07, 6.45) is 2.10. The Morgan fingerprint density at radius 3 is 2.09 bits per heavy atom. The van der Waals surface area contributed by atoms with Gasteiger partial charge in [0.1, 0.15) is 6.33 Å². The normalized spacial score (nSPS) is 15.5. The lowest BCUT2D eigenvalue weighted by Gasteiger charge is -1.91. The zero-order chi connectivity index (χ0) is 8.85. The second-order valence-corrected chi connectivity index (χ2v) is 1.98. The van der Waals surface area contributed by atoms with Crippen LogP contribution in [0.15, 0.2) is 35.7 Å². The first-order valence-electron chi connectivity index (χ1n) is 3.08. The quantitative estimate of drug-likeness (QED) is 0.544. The summed E-state index contributed by atoms with van der Waals surface area (Å²) in [5.41, 5.74) is 0.541. The Balaban J connectivity index is 4.47. The molecule has 0 nitrogen and oxygen atoms in total. The van der Waals surface area contributed by atoms with Crippen molar-refractivity contribution in [1.29, 1.82) is 0 Å². The highest BCUT2D eigenvalue weighted by molar-refractivity contribution is 5.26. The molecule has 0 rings (SSSR count). The van der Waals surface area contributed by atoms with Crippen LogP contribution in [0.25, 0.3) is 0 Å². The molecule has 0 saturated carbocycles. The fourth-order valence-corrected chi connectivity index (χ4v) is 0.404. The summed E-state index contributed by atoms with van der Waals surface area (Å²) in [6, 6.07) is 0. The summed E-state index contributed by atoms with van der Waals surface area (Å²) in [5, 5.41) is 0. The molecule has 0 bridgehead atoms. The average Bonchev–Trinajstić information content (AvgIpc) is 2.02. The highest BCUT2D eigenvalue weighted by Crippen LogP contribution is 2.15. The van der Waals surface area contributed by atoms with Gasteiger partial charge in [0.15, 0.2) is 11.7 Å². The summed E-state index contributed by atoms with van der Waals surface area (Å²) in [4.78, 5) is 0. The minimum Gasteiger partial charge on any atom is -0.212 e. The van der Waals surface area contributed by atoms with E-state index in [1.807, 2.05) is 0 Å². The third-order valence-electron chi connectivity index (χ3n) is 1.13. The number of allylic oxidation sites excluding steroid dienone is 5. The highest BCUT2D eigenvalue weighted by atomic mass is 19.2. The number of hydrogen-bond donors (Lipinski definition) is 0. The van der Waals surface area contributed by atoms with E-state index < -0.39 is 18.0 Å². The van der Waals surface area contributed by atoms with E-state index in [4.69, 9.17) is 0 Å². The average molecular weight is 162 g/mol. The molecule has 0 N–H and O–H groups in total. The van der Waals surface area contributed by atoms with Crippen molar-refractivity contribution in [1.82, 2.24) is 0 Å². The molecule has 0 unspecified atom stereocenters. The van der Waals surface area contributed by atoms with Crippen LogP contribution in [-0.2, 0) is 0 Å². The molecule has 0 heterocycles. The first kappa shape index (κ1) is 10.0. The largest absolute Gasteiger partial charge is 0.212 e. The predicted molar refractivity (Wildman–Crippen MR) is 38.9 cm³/mol. The maximum Gasteiger partial charge on any atom is 0.186 e. The van der Waals surface area contributed by atoms with Gasteiger partial charge in [-0.15, -0.1) is 0 Å². The van der Waals surface area contributed by atoms with E-state index in [2.05, 4.69) is 0 Å². The summed E-state index contributed by atoms with van der Waals surface area (Å²) >= 11 is 0. The maximum absolute atomic E-state index is 12.4. The van der Waals surface area contributed by atoms with E-state index in [-0.39, 0.29) is 0 Å². The molecule has 0 aromatic rings. The van der Waals surface area contributed by atoms with Crippen molar-refractivity contribution < 1.29 is 13.2 Å². The zero-order valence-corrected chi connectivity index (χ0v) is 6.37. The van der Waals surface area contributed by atoms with Crippen LogP contribution in [0, 0.1) is 0 Å². The minimum absolute atomic E-state index is 0.408. The molecule has 62 valence electrons. The standard InChI is InChI=1S/C8H9F3/c1-3-6(2)4-7(10)8(11)5-9/h3-5H,1-2H3/b6-3-,7-4+,8-5-. The van der Waals surface area contributed by atoms with Gasteiger partial charge in [-0.1, -0.05) is 11.6 Å². The van der Waals surface area contributed by atoms with Gasteiger partial charge in [0.05, 0.1) is 0 Å². The SMILES string of the molecule is C\C=C(C)/C=C(F)\C(F)=C\F. The zero-order valence-electron chi connectivity index (χ0n) is 6.37. The van der Waals surface area contributed by atoms with Gasteiger partial charge in [0.2, 0.25) is 0 Å². The van der Waals surface area contributed by atoms with Gasteiger partial charge in [0.25, 0.3) is 0 Å². The van der Waals surface area contributed by atoms with Crippen molar-refractivity contribution in [3.05, 3.63) is 35.7 Å². The number of hydrogen-bond acceptors (Lipinski definition) is 0. The van der Waals surface area contributed by atoms with Crippen LogP contribution in [0.3, 0.4) is 0 Å². The number of rotatable bonds is 2. The number of halogens is 3. The second kappa shape index (κ2) is 4.77. The lowest BCUT2D eigenvalue weighted by molar-refractivity contribution is 0.520. The molecule has 0 radical (unpaired) electrons. The van der Waals surface area contributed by atoms with Crippen LogP contribution in [0.1, 0.15) is 13.8 Å². The van der Waals surface area contributed by atoms with Crippen LogP contribution in [0.2, 0.25) is 0 Å². The molecule has 0 saturated heterocycles. The van der Waals surface area contributed by atoms with Crippen molar-refractivity contribution in [3.8, 4) is 0 Å². The van der Waals surface area contributed by atoms with Gasteiger partial charge in [-0.05, 0) is 19.9 Å². The molecular formula is C8H9F3. The third kappa shape index (κ3) is 3.65. The smallest absolute Gasteiger partial charge is 0.186 e. The van der Waals surface area contributed by atoms with Crippen LogP contribution in [0.4, 0.5) is 13.2 Å².